The number of thiophene rings is 1. The average Bonchev–Trinajstić information content (AvgIpc) is 3.78. The summed E-state index contributed by atoms with van der Waals surface area (Å²) in [5.74, 6) is 0. The molecule has 0 aliphatic carbocycles. The minimum Gasteiger partial charge on any atom is -0.134 e. The second-order valence-electron chi connectivity index (χ2n) is 22.5. The van der Waals surface area contributed by atoms with Crippen molar-refractivity contribution < 1.29 is 0 Å². The molecule has 0 unspecified atom stereocenters. The predicted molar refractivity (Wildman–Crippen MR) is 274 cm³/mol. The molecule has 12 rings (SSSR count). The predicted octanol–water partition coefficient (Wildman–Crippen LogP) is 18.5. The van der Waals surface area contributed by atoms with Gasteiger partial charge in [-0.1, -0.05) is 180 Å². The minimum absolute atomic E-state index is 0.0210. The molecule has 0 spiro atoms. The van der Waals surface area contributed by atoms with Gasteiger partial charge in [-0.25, -0.2) is 0 Å². The van der Waals surface area contributed by atoms with E-state index in [4.69, 9.17) is 0 Å². The number of hydrogen-bond donors (Lipinski definition) is 0. The van der Waals surface area contributed by atoms with E-state index in [1.54, 1.807) is 0 Å². The van der Waals surface area contributed by atoms with Gasteiger partial charge < -0.3 is 0 Å². The van der Waals surface area contributed by atoms with E-state index in [0.29, 0.717) is 0 Å². The van der Waals surface area contributed by atoms with Crippen LogP contribution < -0.4 is 0 Å². The zero-order valence-corrected chi connectivity index (χ0v) is 38.6. The zero-order valence-electron chi connectivity index (χ0n) is 37.8. The summed E-state index contributed by atoms with van der Waals surface area (Å²) >= 11 is 2.04. The molecule has 0 saturated carbocycles. The highest BCUT2D eigenvalue weighted by molar-refractivity contribution is 7.28. The molecule has 1 aromatic heterocycles. The third-order valence-corrected chi connectivity index (χ3v) is 15.8. The summed E-state index contributed by atoms with van der Waals surface area (Å²) in [5.41, 5.74) is 5.59. The smallest absolute Gasteiger partial charge is 0.0441 e. The fourth-order valence-corrected chi connectivity index (χ4v) is 12.5. The first kappa shape index (κ1) is 37.3. The van der Waals surface area contributed by atoms with Gasteiger partial charge in [0.15, 0.2) is 0 Å². The summed E-state index contributed by atoms with van der Waals surface area (Å²) in [4.78, 5) is 0. The molecular formula is C60H54S. The summed E-state index contributed by atoms with van der Waals surface area (Å²) in [6.45, 7) is 28.0. The summed E-state index contributed by atoms with van der Waals surface area (Å²) in [7, 11) is 0. The molecule has 300 valence electrons. The molecule has 1 heteroatoms. The maximum atomic E-state index is 2.53. The van der Waals surface area contributed by atoms with E-state index in [-0.39, 0.29) is 21.7 Å². The maximum absolute atomic E-state index is 2.53. The quantitative estimate of drug-likeness (QED) is 0.134. The lowest BCUT2D eigenvalue weighted by atomic mass is 9.87. The fraction of sp³-hybridized carbons (Fsp3) is 0.267. The molecule has 0 radical (unpaired) electrons. The molecule has 0 atom stereocenters. The second kappa shape index (κ2) is 11.7. The molecule has 0 amide bonds. The number of rotatable bonds is 0. The number of hydrogen-bond acceptors (Lipinski definition) is 1. The molecule has 0 bridgehead atoms. The normalized spacial score (nSPS) is 13.9. The molecule has 0 fully saturated rings. The van der Waals surface area contributed by atoms with Crippen LogP contribution in [0, 0.1) is 0 Å². The van der Waals surface area contributed by atoms with Crippen LogP contribution in [-0.2, 0) is 21.7 Å². The van der Waals surface area contributed by atoms with Gasteiger partial charge in [-0.3, -0.25) is 0 Å². The van der Waals surface area contributed by atoms with Gasteiger partial charge in [0.1, 0.15) is 0 Å². The van der Waals surface area contributed by atoms with Gasteiger partial charge in [0.2, 0.25) is 0 Å². The summed E-state index contributed by atoms with van der Waals surface area (Å²) < 4.78 is 2.86. The van der Waals surface area contributed by atoms with Crippen molar-refractivity contribution in [2.24, 2.45) is 0 Å². The van der Waals surface area contributed by atoms with Gasteiger partial charge >= 0.3 is 0 Å². The van der Waals surface area contributed by atoms with Crippen LogP contribution in [0.5, 0.6) is 0 Å². The van der Waals surface area contributed by atoms with E-state index in [0.717, 1.165) is 0 Å². The van der Waals surface area contributed by atoms with Gasteiger partial charge in [0.05, 0.1) is 0 Å². The molecule has 0 N–H and O–H groups in total. The van der Waals surface area contributed by atoms with Crippen molar-refractivity contribution in [2.75, 3.05) is 0 Å². The highest BCUT2D eigenvalue weighted by atomic mass is 32.1. The fourth-order valence-electron chi connectivity index (χ4n) is 11.2. The van der Waals surface area contributed by atoms with E-state index in [9.17, 15) is 0 Å². The largest absolute Gasteiger partial charge is 0.134 e. The first-order valence-electron chi connectivity index (χ1n) is 22.3. The molecule has 0 aliphatic heterocycles. The van der Waals surface area contributed by atoms with E-state index in [2.05, 4.69) is 192 Å². The van der Waals surface area contributed by atoms with Crippen LogP contribution in [-0.4, -0.2) is 0 Å². The molecule has 12 aromatic rings. The Bertz CT molecular complexity index is 3620. The van der Waals surface area contributed by atoms with Gasteiger partial charge in [-0.05, 0) is 131 Å². The molecule has 1 heterocycles. The van der Waals surface area contributed by atoms with Gasteiger partial charge in [-0.2, -0.15) is 0 Å². The van der Waals surface area contributed by atoms with Gasteiger partial charge in [-0.15, -0.1) is 11.3 Å². The van der Waals surface area contributed by atoms with Crippen molar-refractivity contribution in [3.63, 3.8) is 0 Å². The Hall–Kier alpha value is -5.50. The first-order chi connectivity index (χ1) is 28.8. The molecule has 0 nitrogen and oxygen atoms in total. The monoisotopic (exact) mass is 806 g/mol. The summed E-state index contributed by atoms with van der Waals surface area (Å²) in [6.07, 6.45) is 0. The minimum atomic E-state index is 0.0210. The third-order valence-electron chi connectivity index (χ3n) is 14.5. The van der Waals surface area contributed by atoms with Gasteiger partial charge in [0.25, 0.3) is 0 Å². The van der Waals surface area contributed by atoms with E-state index in [1.165, 1.54) is 139 Å². The Morgan fingerprint density at radius 2 is 0.508 bits per heavy atom. The first-order valence-corrected chi connectivity index (χ1v) is 23.2. The number of fused-ring (bicyclic) bond motifs is 17. The summed E-state index contributed by atoms with van der Waals surface area (Å²) in [6, 6.07) is 43.8. The van der Waals surface area contributed by atoms with Crippen LogP contribution in [0.1, 0.15) is 105 Å². The Labute approximate surface area is 362 Å². The maximum Gasteiger partial charge on any atom is 0.0441 e. The van der Waals surface area contributed by atoms with Crippen molar-refractivity contribution in [3.8, 4) is 0 Å². The van der Waals surface area contributed by atoms with Crippen molar-refractivity contribution in [1.29, 1.82) is 0 Å². The lowest BCUT2D eigenvalue weighted by Gasteiger charge is -2.17. The lowest BCUT2D eigenvalue weighted by molar-refractivity contribution is 0.590. The third kappa shape index (κ3) is 4.93. The molecule has 11 aromatic carbocycles. The molecular weight excluding hydrogens is 753 g/mol. The Morgan fingerprint density at radius 3 is 0.803 bits per heavy atom. The van der Waals surface area contributed by atoms with Crippen molar-refractivity contribution in [2.45, 2.75) is 105 Å². The topological polar surface area (TPSA) is 0 Å². The van der Waals surface area contributed by atoms with Crippen LogP contribution in [0.4, 0.5) is 0 Å². The van der Waals surface area contributed by atoms with Crippen LogP contribution in [0.3, 0.4) is 0 Å². The van der Waals surface area contributed by atoms with Crippen molar-refractivity contribution in [3.05, 3.63) is 131 Å². The zero-order chi connectivity index (χ0) is 42.4. The van der Waals surface area contributed by atoms with Crippen LogP contribution in [0.25, 0.3) is 117 Å². The van der Waals surface area contributed by atoms with E-state index in [1.807, 2.05) is 11.3 Å². The Balaban J connectivity index is 1.42. The van der Waals surface area contributed by atoms with E-state index >= 15 is 0 Å². The molecule has 0 aliphatic rings. The highest BCUT2D eigenvalue weighted by Gasteiger charge is 2.31. The van der Waals surface area contributed by atoms with Gasteiger partial charge in [0, 0.05) is 41.7 Å². The highest BCUT2D eigenvalue weighted by Crippen LogP contribution is 2.61. The standard InChI is InChI=1S/C60H54S/c1-57(2,3)33-15-13-31-29-43-45(37(31)23-17-33)47-39-25-19-35(59(7,8)9)21-27-41(39)49-50-42-28-22-36(60(10,11)12)20-26-40(42)48-46-38-24-18-34(58(4,5)6)16-14-32(38)30-44(46)56-54(52(48)50)53(51(47)49)55(43)61-56/h13-30H,1-12H3. The second-order valence-corrected chi connectivity index (χ2v) is 23.5. The molecule has 61 heavy (non-hydrogen) atoms. The van der Waals surface area contributed by atoms with Crippen LogP contribution >= 0.6 is 11.3 Å². The summed E-state index contributed by atoms with van der Waals surface area (Å²) in [5, 5.41) is 27.9. The lowest BCUT2D eigenvalue weighted by Crippen LogP contribution is -2.09. The Kier molecular flexibility index (Phi) is 7.15. The van der Waals surface area contributed by atoms with E-state index < -0.39 is 0 Å². The van der Waals surface area contributed by atoms with Crippen LogP contribution in [0.2, 0.25) is 0 Å². The molecule has 0 saturated heterocycles. The SMILES string of the molecule is CC(C)(C)c1ccc2cc3c4sc5c6cc7ccc(C(C)(C)C)ccc7c6c6c7ccc(C(C)(C)C)ccc7c7c8c9ccc(C(C)(C)C)ccc9c(c3c2cc1)c8c4c5c67. The Morgan fingerprint density at radius 1 is 0.246 bits per heavy atom. The number of benzene rings is 3. The van der Waals surface area contributed by atoms with Crippen molar-refractivity contribution >= 4 is 128 Å². The average molecular weight is 807 g/mol. The van der Waals surface area contributed by atoms with Crippen molar-refractivity contribution in [1.82, 2.24) is 0 Å². The van der Waals surface area contributed by atoms with Crippen LogP contribution in [0.15, 0.2) is 109 Å².